The zero-order valence-corrected chi connectivity index (χ0v) is 11.3. The van der Waals surface area contributed by atoms with Crippen molar-refractivity contribution in [1.29, 1.82) is 0 Å². The normalized spacial score (nSPS) is 10.9. The van der Waals surface area contributed by atoms with E-state index in [0.717, 1.165) is 16.1 Å². The van der Waals surface area contributed by atoms with Crippen molar-refractivity contribution in [3.05, 3.63) is 30.4 Å². The average Bonchev–Trinajstić information content (AvgIpc) is 2.89. The molecule has 2 aliphatic heterocycles. The van der Waals surface area contributed by atoms with Crippen LogP contribution in [0.3, 0.4) is 0 Å². The van der Waals surface area contributed by atoms with Crippen LogP contribution in [0.1, 0.15) is 5.56 Å². The lowest BCUT2D eigenvalue weighted by Crippen LogP contribution is -2.07. The predicted octanol–water partition coefficient (Wildman–Crippen LogP) is 1.77. The molecule has 0 unspecified atom stereocenters. The molecule has 0 radical (unpaired) electrons. The summed E-state index contributed by atoms with van der Waals surface area (Å²) < 4.78 is 7.01. The summed E-state index contributed by atoms with van der Waals surface area (Å²) in [5.41, 5.74) is 1.79. The molecule has 0 N–H and O–H groups in total. The van der Waals surface area contributed by atoms with Gasteiger partial charge >= 0.3 is 0 Å². The van der Waals surface area contributed by atoms with Gasteiger partial charge in [-0.3, -0.25) is 0 Å². The first-order valence-corrected chi connectivity index (χ1v) is 6.04. The number of hydrogen-bond acceptors (Lipinski definition) is 6. The summed E-state index contributed by atoms with van der Waals surface area (Å²) in [6.45, 7) is 1.97. The molecule has 1 aromatic carbocycles. The Labute approximate surface area is 115 Å². The second-order valence-electron chi connectivity index (χ2n) is 3.99. The zero-order valence-electron chi connectivity index (χ0n) is 10.4. The topological polar surface area (TPSA) is 65.7 Å². The van der Waals surface area contributed by atoms with E-state index in [4.69, 9.17) is 4.74 Å². The summed E-state index contributed by atoms with van der Waals surface area (Å²) in [4.78, 5) is 13.0. The Balaban J connectivity index is 2.21. The number of thiol groups is 1. The molecule has 6 nitrogen and oxygen atoms in total. The maximum Gasteiger partial charge on any atom is 0.219 e. The predicted molar refractivity (Wildman–Crippen MR) is 72.1 cm³/mol. The van der Waals surface area contributed by atoms with Gasteiger partial charge in [0.1, 0.15) is 18.3 Å². The van der Waals surface area contributed by atoms with Crippen LogP contribution in [0, 0.1) is 6.92 Å². The molecule has 0 atom stereocenters. The van der Waals surface area contributed by atoms with Crippen LogP contribution in [-0.2, 0) is 0 Å². The number of hydrogen-bond donors (Lipinski definition) is 1. The van der Waals surface area contributed by atoms with Crippen molar-refractivity contribution in [3.8, 4) is 23.1 Å². The monoisotopic (exact) mass is 273 g/mol. The van der Waals surface area contributed by atoms with E-state index in [-0.39, 0.29) is 0 Å². The van der Waals surface area contributed by atoms with Crippen LogP contribution >= 0.6 is 12.6 Å². The van der Waals surface area contributed by atoms with Gasteiger partial charge in [-0.15, -0.1) is 17.7 Å². The molecule has 0 spiro atoms. The van der Waals surface area contributed by atoms with E-state index in [1.165, 1.54) is 6.33 Å². The molecule has 0 amide bonds. The molecule has 0 aromatic heterocycles. The largest absolute Gasteiger partial charge is 0.493 e. The Morgan fingerprint density at radius 3 is 2.74 bits per heavy atom. The maximum atomic E-state index is 5.40. The van der Waals surface area contributed by atoms with E-state index in [1.807, 2.05) is 19.1 Å². The van der Waals surface area contributed by atoms with E-state index < -0.39 is 0 Å². The van der Waals surface area contributed by atoms with Gasteiger partial charge in [0, 0.05) is 0 Å². The smallest absolute Gasteiger partial charge is 0.219 e. The van der Waals surface area contributed by atoms with Gasteiger partial charge in [0.15, 0.2) is 5.75 Å². The Morgan fingerprint density at radius 1 is 1.16 bits per heavy atom. The highest BCUT2D eigenvalue weighted by molar-refractivity contribution is 7.80. The van der Waals surface area contributed by atoms with Crippen LogP contribution in [0.25, 0.3) is 17.3 Å². The van der Waals surface area contributed by atoms with Crippen molar-refractivity contribution in [2.24, 2.45) is 0 Å². The lowest BCUT2D eigenvalue weighted by molar-refractivity contribution is 0.401. The van der Waals surface area contributed by atoms with Crippen molar-refractivity contribution >= 4 is 12.6 Å². The first-order valence-electron chi connectivity index (χ1n) is 5.60. The number of benzene rings is 1. The molecule has 0 bridgehead atoms. The second-order valence-corrected chi connectivity index (χ2v) is 4.44. The minimum Gasteiger partial charge on any atom is -0.493 e. The highest BCUT2D eigenvalue weighted by Gasteiger charge is 2.14. The number of imidazole rings is 1. The molecule has 7 heteroatoms. The van der Waals surface area contributed by atoms with Crippen molar-refractivity contribution < 1.29 is 4.74 Å². The Kier molecular flexibility index (Phi) is 2.83. The van der Waals surface area contributed by atoms with Gasteiger partial charge < -0.3 is 4.74 Å². The van der Waals surface area contributed by atoms with Crippen molar-refractivity contribution in [2.45, 2.75) is 11.8 Å². The Morgan fingerprint density at radius 2 is 1.95 bits per heavy atom. The van der Waals surface area contributed by atoms with Crippen LogP contribution in [-0.4, -0.2) is 31.8 Å². The van der Waals surface area contributed by atoms with Crippen LogP contribution < -0.4 is 4.74 Å². The number of rotatable bonds is 2. The summed E-state index contributed by atoms with van der Waals surface area (Å²) in [6.07, 6.45) is 3.02. The van der Waals surface area contributed by atoms with Crippen LogP contribution in [0.5, 0.6) is 5.75 Å². The zero-order chi connectivity index (χ0) is 13.4. The summed E-state index contributed by atoms with van der Waals surface area (Å²) >= 11 is 4.46. The number of nitrogens with zero attached hydrogens (tertiary/aromatic N) is 5. The van der Waals surface area contributed by atoms with Gasteiger partial charge in [-0.25, -0.2) is 19.6 Å². The Bertz CT molecular complexity index is 711. The Hall–Kier alpha value is -2.15. The van der Waals surface area contributed by atoms with E-state index in [1.54, 1.807) is 18.1 Å². The number of ether oxygens (including phenoxy) is 1. The standard InChI is InChI=1S/C12H11N5OS/c1-7-3-4-8(9(18-2)10(7)19)17-6-15-11-12(16-17)14-5-13-11/h3-6,19H,1-2H3. The van der Waals surface area contributed by atoms with Crippen LogP contribution in [0.15, 0.2) is 29.7 Å². The van der Waals surface area contributed by atoms with E-state index >= 15 is 0 Å². The quantitative estimate of drug-likeness (QED) is 0.721. The first kappa shape index (κ1) is 11.9. The maximum absolute atomic E-state index is 5.40. The molecule has 0 aliphatic carbocycles. The SMILES string of the molecule is COc1c(-n2cnc3ncnc-3n2)ccc(C)c1S. The first-order chi connectivity index (χ1) is 9.20. The highest BCUT2D eigenvalue weighted by atomic mass is 32.1. The summed E-state index contributed by atoms with van der Waals surface area (Å²) in [5.74, 6) is 1.67. The van der Waals surface area contributed by atoms with Crippen molar-refractivity contribution in [1.82, 2.24) is 24.7 Å². The van der Waals surface area contributed by atoms with Gasteiger partial charge in [-0.05, 0) is 18.6 Å². The van der Waals surface area contributed by atoms with Crippen LogP contribution in [0.2, 0.25) is 0 Å². The molecule has 1 aromatic rings. The van der Waals surface area contributed by atoms with Gasteiger partial charge in [0.25, 0.3) is 0 Å². The third-order valence-corrected chi connectivity index (χ3v) is 3.37. The number of fused-ring (bicyclic) bond motifs is 1. The molecule has 0 saturated heterocycles. The van der Waals surface area contributed by atoms with Gasteiger partial charge in [0.2, 0.25) is 11.6 Å². The lowest BCUT2D eigenvalue weighted by atomic mass is 10.2. The minimum atomic E-state index is 0.492. The summed E-state index contributed by atoms with van der Waals surface area (Å²) in [6, 6.07) is 3.86. The van der Waals surface area contributed by atoms with Crippen molar-refractivity contribution in [2.75, 3.05) is 7.11 Å². The molecule has 19 heavy (non-hydrogen) atoms. The van der Waals surface area contributed by atoms with Gasteiger partial charge in [-0.2, -0.15) is 0 Å². The lowest BCUT2D eigenvalue weighted by Gasteiger charge is -2.14. The fraction of sp³-hybridized carbons (Fsp3) is 0.167. The third kappa shape index (κ3) is 1.91. The van der Waals surface area contributed by atoms with Crippen molar-refractivity contribution in [3.63, 3.8) is 0 Å². The summed E-state index contributed by atoms with van der Waals surface area (Å²) in [5, 5.41) is 4.35. The number of aryl methyl sites for hydroxylation is 1. The minimum absolute atomic E-state index is 0.492. The molecule has 2 heterocycles. The van der Waals surface area contributed by atoms with E-state index in [2.05, 4.69) is 32.7 Å². The van der Waals surface area contributed by atoms with Crippen LogP contribution in [0.4, 0.5) is 0 Å². The average molecular weight is 273 g/mol. The second kappa shape index (κ2) is 4.51. The van der Waals surface area contributed by atoms with Gasteiger partial charge in [0.05, 0.1) is 12.0 Å². The fourth-order valence-electron chi connectivity index (χ4n) is 1.81. The molecule has 2 aliphatic rings. The molecule has 0 saturated carbocycles. The molecular weight excluding hydrogens is 262 g/mol. The molecular formula is C12H11N5OS. The van der Waals surface area contributed by atoms with E-state index in [9.17, 15) is 0 Å². The fourth-order valence-corrected chi connectivity index (χ4v) is 2.09. The molecule has 3 rings (SSSR count). The number of methoxy groups -OCH3 is 1. The highest BCUT2D eigenvalue weighted by Crippen LogP contribution is 2.32. The molecule has 0 fully saturated rings. The van der Waals surface area contributed by atoms with Gasteiger partial charge in [-0.1, -0.05) is 6.07 Å². The molecule has 96 valence electrons. The van der Waals surface area contributed by atoms with E-state index in [0.29, 0.717) is 17.4 Å². The third-order valence-electron chi connectivity index (χ3n) is 2.82. The summed E-state index contributed by atoms with van der Waals surface area (Å²) in [7, 11) is 1.60. The number of aromatic nitrogens is 5.